The van der Waals surface area contributed by atoms with Crippen molar-refractivity contribution >= 4 is 33.2 Å². The summed E-state index contributed by atoms with van der Waals surface area (Å²) in [6.07, 6.45) is 0. The van der Waals surface area contributed by atoms with Gasteiger partial charge in [0.15, 0.2) is 0 Å². The van der Waals surface area contributed by atoms with E-state index in [0.717, 1.165) is 4.31 Å². The van der Waals surface area contributed by atoms with Crippen LogP contribution in [0.4, 0.5) is 5.69 Å². The van der Waals surface area contributed by atoms with Crippen molar-refractivity contribution in [3.8, 4) is 6.07 Å². The maximum absolute atomic E-state index is 12.4. The van der Waals surface area contributed by atoms with Crippen LogP contribution < -0.4 is 5.32 Å². The van der Waals surface area contributed by atoms with Gasteiger partial charge in [0.2, 0.25) is 15.9 Å². The van der Waals surface area contributed by atoms with Gasteiger partial charge in [0, 0.05) is 17.8 Å². The van der Waals surface area contributed by atoms with E-state index >= 15 is 0 Å². The maximum Gasteiger partial charge on any atom is 0.243 e. The molecule has 0 aliphatic heterocycles. The number of likely N-dealkylation sites (N-methyl/N-ethyl adjacent to an activating group) is 1. The SMILES string of the molecule is CN(CC(=O)Nc1ccc(C#N)cc1)S(=O)(=O)c1ccc(Cl)cc1. The molecule has 0 unspecified atom stereocenters. The first kappa shape index (κ1) is 17.9. The number of halogens is 1. The number of rotatable bonds is 5. The highest BCUT2D eigenvalue weighted by molar-refractivity contribution is 7.89. The molecular formula is C16H14ClN3O3S. The van der Waals surface area contributed by atoms with Gasteiger partial charge in [-0.15, -0.1) is 0 Å². The quantitative estimate of drug-likeness (QED) is 0.883. The number of anilines is 1. The summed E-state index contributed by atoms with van der Waals surface area (Å²) >= 11 is 5.74. The summed E-state index contributed by atoms with van der Waals surface area (Å²) in [5, 5.41) is 11.7. The average Bonchev–Trinajstić information content (AvgIpc) is 2.55. The van der Waals surface area contributed by atoms with Crippen LogP contribution in [0.5, 0.6) is 0 Å². The fraction of sp³-hybridized carbons (Fsp3) is 0.125. The molecule has 0 bridgehead atoms. The maximum atomic E-state index is 12.4. The summed E-state index contributed by atoms with van der Waals surface area (Å²) in [6.45, 7) is -0.342. The Kier molecular flexibility index (Phi) is 5.57. The van der Waals surface area contributed by atoms with Gasteiger partial charge in [0.1, 0.15) is 0 Å². The molecule has 0 saturated heterocycles. The summed E-state index contributed by atoms with van der Waals surface area (Å²) < 4.78 is 25.7. The molecule has 2 aromatic rings. The molecule has 1 amide bonds. The molecule has 8 heteroatoms. The molecule has 1 N–H and O–H groups in total. The Labute approximate surface area is 145 Å². The monoisotopic (exact) mass is 363 g/mol. The van der Waals surface area contributed by atoms with E-state index in [2.05, 4.69) is 5.32 Å². The predicted molar refractivity (Wildman–Crippen MR) is 91.1 cm³/mol. The Hall–Kier alpha value is -2.40. The van der Waals surface area contributed by atoms with Gasteiger partial charge in [-0.2, -0.15) is 9.57 Å². The lowest BCUT2D eigenvalue weighted by molar-refractivity contribution is -0.116. The molecule has 0 fully saturated rings. The number of carbonyl (C=O) groups is 1. The smallest absolute Gasteiger partial charge is 0.243 e. The Balaban J connectivity index is 2.04. The molecule has 6 nitrogen and oxygen atoms in total. The van der Waals surface area contributed by atoms with Crippen molar-refractivity contribution in [2.75, 3.05) is 18.9 Å². The average molecular weight is 364 g/mol. The largest absolute Gasteiger partial charge is 0.325 e. The minimum atomic E-state index is -3.78. The van der Waals surface area contributed by atoms with Crippen LogP contribution in [0.15, 0.2) is 53.4 Å². The van der Waals surface area contributed by atoms with Crippen molar-refractivity contribution in [1.82, 2.24) is 4.31 Å². The number of nitriles is 1. The molecule has 0 aliphatic rings. The van der Waals surface area contributed by atoms with E-state index in [1.54, 1.807) is 24.3 Å². The van der Waals surface area contributed by atoms with Crippen LogP contribution >= 0.6 is 11.6 Å². The van der Waals surface area contributed by atoms with E-state index in [9.17, 15) is 13.2 Å². The molecule has 0 aromatic heterocycles. The lowest BCUT2D eigenvalue weighted by atomic mass is 10.2. The highest BCUT2D eigenvalue weighted by Gasteiger charge is 2.22. The number of benzene rings is 2. The fourth-order valence-electron chi connectivity index (χ4n) is 1.90. The van der Waals surface area contributed by atoms with Gasteiger partial charge in [-0.25, -0.2) is 8.42 Å². The second-order valence-electron chi connectivity index (χ2n) is 4.95. The van der Waals surface area contributed by atoms with Crippen LogP contribution in [0, 0.1) is 11.3 Å². The van der Waals surface area contributed by atoms with E-state index in [4.69, 9.17) is 16.9 Å². The lowest BCUT2D eigenvalue weighted by Gasteiger charge is -2.17. The van der Waals surface area contributed by atoms with Crippen molar-refractivity contribution < 1.29 is 13.2 Å². The molecule has 0 heterocycles. The fourth-order valence-corrected chi connectivity index (χ4v) is 3.16. The molecule has 0 radical (unpaired) electrons. The van der Waals surface area contributed by atoms with Crippen LogP contribution in [-0.4, -0.2) is 32.2 Å². The molecule has 0 spiro atoms. The molecule has 0 saturated carbocycles. The van der Waals surface area contributed by atoms with Gasteiger partial charge in [-0.05, 0) is 48.5 Å². The Morgan fingerprint density at radius 3 is 2.29 bits per heavy atom. The number of amides is 1. The minimum Gasteiger partial charge on any atom is -0.325 e. The topological polar surface area (TPSA) is 90.3 Å². The zero-order chi connectivity index (χ0) is 17.7. The zero-order valence-electron chi connectivity index (χ0n) is 12.7. The number of sulfonamides is 1. The number of hydrogen-bond acceptors (Lipinski definition) is 4. The van der Waals surface area contributed by atoms with E-state index in [1.807, 2.05) is 6.07 Å². The number of nitrogens with one attached hydrogen (secondary N) is 1. The predicted octanol–water partition coefficient (Wildman–Crippen LogP) is 2.47. The molecule has 2 rings (SSSR count). The van der Waals surface area contributed by atoms with Crippen LogP contribution in [0.3, 0.4) is 0 Å². The summed E-state index contributed by atoms with van der Waals surface area (Å²) in [5.41, 5.74) is 0.951. The van der Waals surface area contributed by atoms with E-state index < -0.39 is 15.9 Å². The summed E-state index contributed by atoms with van der Waals surface area (Å²) in [7, 11) is -2.46. The van der Waals surface area contributed by atoms with Crippen LogP contribution in [0.1, 0.15) is 5.56 Å². The number of nitrogens with zero attached hydrogens (tertiary/aromatic N) is 2. The normalized spacial score (nSPS) is 11.1. The van der Waals surface area contributed by atoms with Gasteiger partial charge in [0.25, 0.3) is 0 Å². The van der Waals surface area contributed by atoms with Crippen molar-refractivity contribution in [2.45, 2.75) is 4.90 Å². The molecule has 24 heavy (non-hydrogen) atoms. The van der Waals surface area contributed by atoms with Crippen molar-refractivity contribution in [3.05, 3.63) is 59.1 Å². The standard InChI is InChI=1S/C16H14ClN3O3S/c1-20(24(22,23)15-8-4-13(17)5-9-15)11-16(21)19-14-6-2-12(10-18)3-7-14/h2-9H,11H2,1H3,(H,19,21). The highest BCUT2D eigenvalue weighted by Crippen LogP contribution is 2.17. The summed E-state index contributed by atoms with van der Waals surface area (Å²) in [6, 6.07) is 13.9. The van der Waals surface area contributed by atoms with Gasteiger partial charge >= 0.3 is 0 Å². The van der Waals surface area contributed by atoms with Crippen LogP contribution in [0.25, 0.3) is 0 Å². The van der Waals surface area contributed by atoms with E-state index in [1.165, 1.54) is 31.3 Å². The van der Waals surface area contributed by atoms with Gasteiger partial charge < -0.3 is 5.32 Å². The number of carbonyl (C=O) groups excluding carboxylic acids is 1. The second kappa shape index (κ2) is 7.45. The third kappa shape index (κ3) is 4.32. The zero-order valence-corrected chi connectivity index (χ0v) is 14.3. The highest BCUT2D eigenvalue weighted by atomic mass is 35.5. The molecule has 0 atom stereocenters. The summed E-state index contributed by atoms with van der Waals surface area (Å²) in [4.78, 5) is 12.1. The number of hydrogen-bond donors (Lipinski definition) is 1. The first-order chi connectivity index (χ1) is 11.3. The van der Waals surface area contributed by atoms with Crippen molar-refractivity contribution in [2.24, 2.45) is 0 Å². The van der Waals surface area contributed by atoms with Crippen LogP contribution in [0.2, 0.25) is 5.02 Å². The molecular weight excluding hydrogens is 350 g/mol. The minimum absolute atomic E-state index is 0.0561. The Morgan fingerprint density at radius 1 is 1.17 bits per heavy atom. The third-order valence-corrected chi connectivity index (χ3v) is 5.26. The van der Waals surface area contributed by atoms with E-state index in [-0.39, 0.29) is 11.4 Å². The van der Waals surface area contributed by atoms with Crippen LogP contribution in [-0.2, 0) is 14.8 Å². The second-order valence-corrected chi connectivity index (χ2v) is 7.43. The first-order valence-electron chi connectivity index (χ1n) is 6.85. The first-order valence-corrected chi connectivity index (χ1v) is 8.66. The Bertz CT molecular complexity index is 872. The molecule has 0 aliphatic carbocycles. The van der Waals surface area contributed by atoms with Gasteiger partial charge in [0.05, 0.1) is 23.1 Å². The summed E-state index contributed by atoms with van der Waals surface area (Å²) in [5.74, 6) is -0.486. The molecule has 2 aromatic carbocycles. The third-order valence-electron chi connectivity index (χ3n) is 3.19. The Morgan fingerprint density at radius 2 is 1.75 bits per heavy atom. The van der Waals surface area contributed by atoms with Gasteiger partial charge in [-0.1, -0.05) is 11.6 Å². The lowest BCUT2D eigenvalue weighted by Crippen LogP contribution is -2.34. The van der Waals surface area contributed by atoms with Gasteiger partial charge in [-0.3, -0.25) is 4.79 Å². The van der Waals surface area contributed by atoms with Crippen molar-refractivity contribution in [1.29, 1.82) is 5.26 Å². The van der Waals surface area contributed by atoms with E-state index in [0.29, 0.717) is 16.3 Å². The molecule has 124 valence electrons. The van der Waals surface area contributed by atoms with Crippen molar-refractivity contribution in [3.63, 3.8) is 0 Å².